The Labute approximate surface area is 140 Å². The summed E-state index contributed by atoms with van der Waals surface area (Å²) in [5, 5.41) is 4.61. The Morgan fingerprint density at radius 3 is 2.48 bits per heavy atom. The standard InChI is InChI=1S/C16H20N2O3S2/c1-3-12(2)18-16(19)14-8-6-13(7-9-14)11-17-23(20,21)15-5-4-10-22-15/h4-10,12,17H,3,11H2,1-2H3,(H,18,19)/t12-/m1/s1. The third kappa shape index (κ3) is 4.89. The van der Waals surface area contributed by atoms with Crippen LogP contribution in [0.25, 0.3) is 0 Å². The number of benzene rings is 1. The highest BCUT2D eigenvalue weighted by Gasteiger charge is 2.14. The number of amides is 1. The van der Waals surface area contributed by atoms with Crippen molar-refractivity contribution in [2.24, 2.45) is 0 Å². The number of thiophene rings is 1. The van der Waals surface area contributed by atoms with Gasteiger partial charge in [0.15, 0.2) is 0 Å². The highest BCUT2D eigenvalue weighted by atomic mass is 32.2. The predicted octanol–water partition coefficient (Wildman–Crippen LogP) is 2.75. The highest BCUT2D eigenvalue weighted by Crippen LogP contribution is 2.16. The van der Waals surface area contributed by atoms with Crippen molar-refractivity contribution in [3.05, 3.63) is 52.9 Å². The van der Waals surface area contributed by atoms with Crippen LogP contribution in [0.1, 0.15) is 36.2 Å². The van der Waals surface area contributed by atoms with Gasteiger partial charge in [-0.25, -0.2) is 13.1 Å². The molecule has 1 amide bonds. The van der Waals surface area contributed by atoms with E-state index in [1.807, 2.05) is 13.8 Å². The maximum atomic E-state index is 12.0. The molecule has 0 unspecified atom stereocenters. The second-order valence-corrected chi connectivity index (χ2v) is 8.18. The lowest BCUT2D eigenvalue weighted by Gasteiger charge is -2.11. The second kappa shape index (κ2) is 7.72. The molecular formula is C16H20N2O3S2. The molecule has 124 valence electrons. The Balaban J connectivity index is 1.97. The molecular weight excluding hydrogens is 332 g/mol. The average molecular weight is 352 g/mol. The predicted molar refractivity (Wildman–Crippen MR) is 92.0 cm³/mol. The first-order valence-electron chi connectivity index (χ1n) is 7.35. The number of carbonyl (C=O) groups is 1. The van der Waals surface area contributed by atoms with E-state index >= 15 is 0 Å². The number of hydrogen-bond acceptors (Lipinski definition) is 4. The first-order chi connectivity index (χ1) is 10.9. The molecule has 0 radical (unpaired) electrons. The molecule has 23 heavy (non-hydrogen) atoms. The van der Waals surface area contributed by atoms with E-state index in [-0.39, 0.29) is 18.5 Å². The molecule has 2 rings (SSSR count). The lowest BCUT2D eigenvalue weighted by Crippen LogP contribution is -2.31. The Morgan fingerprint density at radius 1 is 1.22 bits per heavy atom. The summed E-state index contributed by atoms with van der Waals surface area (Å²) < 4.78 is 26.9. The molecule has 1 atom stereocenters. The maximum Gasteiger partial charge on any atom is 0.251 e. The Kier molecular flexibility index (Phi) is 5.92. The van der Waals surface area contributed by atoms with Gasteiger partial charge in [0, 0.05) is 18.2 Å². The van der Waals surface area contributed by atoms with Crippen LogP contribution in [0.4, 0.5) is 0 Å². The number of hydrogen-bond donors (Lipinski definition) is 2. The topological polar surface area (TPSA) is 75.3 Å². The van der Waals surface area contributed by atoms with Gasteiger partial charge in [0.2, 0.25) is 10.0 Å². The molecule has 0 spiro atoms. The van der Waals surface area contributed by atoms with Crippen molar-refractivity contribution in [3.8, 4) is 0 Å². The number of carbonyl (C=O) groups excluding carboxylic acids is 1. The molecule has 0 bridgehead atoms. The zero-order chi connectivity index (χ0) is 16.9. The van der Waals surface area contributed by atoms with Gasteiger partial charge in [-0.2, -0.15) is 0 Å². The lowest BCUT2D eigenvalue weighted by molar-refractivity contribution is 0.0939. The zero-order valence-corrected chi connectivity index (χ0v) is 14.7. The van der Waals surface area contributed by atoms with Crippen LogP contribution in [0.5, 0.6) is 0 Å². The van der Waals surface area contributed by atoms with E-state index in [0.29, 0.717) is 9.77 Å². The van der Waals surface area contributed by atoms with Crippen molar-refractivity contribution >= 4 is 27.3 Å². The van der Waals surface area contributed by atoms with Gasteiger partial charge in [0.25, 0.3) is 5.91 Å². The Morgan fingerprint density at radius 2 is 1.91 bits per heavy atom. The van der Waals surface area contributed by atoms with Crippen LogP contribution in [0.3, 0.4) is 0 Å². The van der Waals surface area contributed by atoms with E-state index in [0.717, 1.165) is 12.0 Å². The normalized spacial score (nSPS) is 12.8. The monoisotopic (exact) mass is 352 g/mol. The van der Waals surface area contributed by atoms with Gasteiger partial charge < -0.3 is 5.32 Å². The summed E-state index contributed by atoms with van der Waals surface area (Å²) in [5.41, 5.74) is 1.36. The van der Waals surface area contributed by atoms with Crippen molar-refractivity contribution in [1.82, 2.24) is 10.0 Å². The van der Waals surface area contributed by atoms with E-state index in [1.54, 1.807) is 41.8 Å². The highest BCUT2D eigenvalue weighted by molar-refractivity contribution is 7.91. The van der Waals surface area contributed by atoms with E-state index in [2.05, 4.69) is 10.0 Å². The molecule has 1 heterocycles. The molecule has 5 nitrogen and oxygen atoms in total. The number of rotatable bonds is 7. The molecule has 1 aromatic heterocycles. The van der Waals surface area contributed by atoms with Crippen molar-refractivity contribution in [2.45, 2.75) is 37.1 Å². The molecule has 0 aliphatic rings. The van der Waals surface area contributed by atoms with Gasteiger partial charge in [0.05, 0.1) is 0 Å². The summed E-state index contributed by atoms with van der Waals surface area (Å²) in [7, 11) is -3.47. The van der Waals surface area contributed by atoms with Crippen LogP contribution < -0.4 is 10.0 Å². The summed E-state index contributed by atoms with van der Waals surface area (Å²) in [4.78, 5) is 12.0. The van der Waals surface area contributed by atoms with Gasteiger partial charge in [0.1, 0.15) is 4.21 Å². The van der Waals surface area contributed by atoms with Crippen molar-refractivity contribution in [1.29, 1.82) is 0 Å². The summed E-state index contributed by atoms with van der Waals surface area (Å²) in [5.74, 6) is -0.120. The van der Waals surface area contributed by atoms with Gasteiger partial charge in [-0.1, -0.05) is 25.1 Å². The molecule has 0 saturated carbocycles. The quantitative estimate of drug-likeness (QED) is 0.804. The van der Waals surface area contributed by atoms with Crippen LogP contribution >= 0.6 is 11.3 Å². The summed E-state index contributed by atoms with van der Waals surface area (Å²) >= 11 is 1.18. The molecule has 0 fully saturated rings. The fourth-order valence-electron chi connectivity index (χ4n) is 1.85. The van der Waals surface area contributed by atoms with E-state index in [1.165, 1.54) is 11.3 Å². The van der Waals surface area contributed by atoms with Crippen LogP contribution in [-0.4, -0.2) is 20.4 Å². The minimum absolute atomic E-state index is 0.120. The Hall–Kier alpha value is -1.70. The molecule has 0 aliphatic carbocycles. The molecule has 2 N–H and O–H groups in total. The van der Waals surface area contributed by atoms with Gasteiger partial charge in [-0.15, -0.1) is 11.3 Å². The van der Waals surface area contributed by atoms with Crippen LogP contribution in [0.15, 0.2) is 46.0 Å². The Bertz CT molecular complexity index is 738. The smallest absolute Gasteiger partial charge is 0.251 e. The van der Waals surface area contributed by atoms with Crippen LogP contribution in [0, 0.1) is 0 Å². The lowest BCUT2D eigenvalue weighted by atomic mass is 10.1. The van der Waals surface area contributed by atoms with Crippen molar-refractivity contribution < 1.29 is 13.2 Å². The minimum Gasteiger partial charge on any atom is -0.350 e. The fraction of sp³-hybridized carbons (Fsp3) is 0.312. The van der Waals surface area contributed by atoms with E-state index < -0.39 is 10.0 Å². The molecule has 0 aliphatic heterocycles. The fourth-order valence-corrected chi connectivity index (χ4v) is 3.90. The molecule has 7 heteroatoms. The van der Waals surface area contributed by atoms with Gasteiger partial charge >= 0.3 is 0 Å². The number of nitrogens with one attached hydrogen (secondary N) is 2. The van der Waals surface area contributed by atoms with Crippen LogP contribution in [0.2, 0.25) is 0 Å². The summed E-state index contributed by atoms with van der Waals surface area (Å²) in [6.07, 6.45) is 0.869. The first-order valence-corrected chi connectivity index (χ1v) is 9.71. The SMILES string of the molecule is CC[C@@H](C)NC(=O)c1ccc(CNS(=O)(=O)c2cccs2)cc1. The molecule has 2 aromatic rings. The largest absolute Gasteiger partial charge is 0.350 e. The first kappa shape index (κ1) is 17.7. The second-order valence-electron chi connectivity index (χ2n) is 5.24. The summed E-state index contributed by atoms with van der Waals surface area (Å²) in [6, 6.07) is 10.3. The van der Waals surface area contributed by atoms with Crippen molar-refractivity contribution in [2.75, 3.05) is 0 Å². The summed E-state index contributed by atoms with van der Waals surface area (Å²) in [6.45, 7) is 4.15. The molecule has 0 saturated heterocycles. The van der Waals surface area contributed by atoms with Crippen LogP contribution in [-0.2, 0) is 16.6 Å². The molecule has 1 aromatic carbocycles. The van der Waals surface area contributed by atoms with E-state index in [9.17, 15) is 13.2 Å². The van der Waals surface area contributed by atoms with Gasteiger partial charge in [-0.05, 0) is 42.5 Å². The number of sulfonamides is 1. The van der Waals surface area contributed by atoms with Gasteiger partial charge in [-0.3, -0.25) is 4.79 Å². The van der Waals surface area contributed by atoms with Crippen molar-refractivity contribution in [3.63, 3.8) is 0 Å². The third-order valence-electron chi connectivity index (χ3n) is 3.43. The zero-order valence-electron chi connectivity index (χ0n) is 13.1. The average Bonchev–Trinajstić information content (AvgIpc) is 3.08. The maximum absolute atomic E-state index is 12.0. The van der Waals surface area contributed by atoms with E-state index in [4.69, 9.17) is 0 Å². The minimum atomic E-state index is -3.47. The third-order valence-corrected chi connectivity index (χ3v) is 6.23.